The molecule has 4 rings (SSSR count). The summed E-state index contributed by atoms with van der Waals surface area (Å²) in [5.41, 5.74) is -0.0386. The number of carbonyl (C=O) groups is 1. The molecule has 0 saturated heterocycles. The average molecular weight is 530 g/mol. The Kier molecular flexibility index (Phi) is 6.92. The van der Waals surface area contributed by atoms with Crippen LogP contribution >= 0.6 is 11.6 Å². The lowest BCUT2D eigenvalue weighted by molar-refractivity contribution is -0.137. The van der Waals surface area contributed by atoms with Crippen molar-refractivity contribution in [1.82, 2.24) is 15.1 Å². The largest absolute Gasteiger partial charge is 0.416 e. The topological polar surface area (TPSA) is 81.1 Å². The number of nitrogens with one attached hydrogen (secondary N) is 1. The molecule has 1 fully saturated rings. The van der Waals surface area contributed by atoms with Crippen molar-refractivity contribution in [1.29, 1.82) is 0 Å². The summed E-state index contributed by atoms with van der Waals surface area (Å²) >= 11 is 6.15. The SMILES string of the molecule is O=C(NCc1cn(-c2ccc(C(F)(F)F)cc2)nc1Cl)C1CCCC1S(=O)(=O)c1ccc(F)cc1. The average Bonchev–Trinajstić information content (AvgIpc) is 3.45. The highest BCUT2D eigenvalue weighted by Gasteiger charge is 2.42. The Labute approximate surface area is 203 Å². The van der Waals surface area contributed by atoms with Gasteiger partial charge in [0, 0.05) is 18.3 Å². The van der Waals surface area contributed by atoms with Crippen LogP contribution in [0.3, 0.4) is 0 Å². The first-order valence-corrected chi connectivity index (χ1v) is 12.6. The Morgan fingerprint density at radius 1 is 1.09 bits per heavy atom. The molecule has 1 amide bonds. The number of benzene rings is 2. The minimum Gasteiger partial charge on any atom is -0.352 e. The lowest BCUT2D eigenvalue weighted by atomic mass is 10.1. The summed E-state index contributed by atoms with van der Waals surface area (Å²) < 4.78 is 78.9. The van der Waals surface area contributed by atoms with Crippen LogP contribution in [0.15, 0.2) is 59.6 Å². The molecule has 186 valence electrons. The molecule has 2 atom stereocenters. The standard InChI is InChI=1S/C23H20ClF4N3O3S/c24-21-14(13-31(30-21)17-8-4-15(5-9-17)23(26,27)28)12-29-22(32)19-2-1-3-20(19)35(33,34)18-10-6-16(25)7-11-18/h4-11,13,19-20H,1-3,12H2,(H,29,32). The van der Waals surface area contributed by atoms with Crippen molar-refractivity contribution in [2.24, 2.45) is 5.92 Å². The highest BCUT2D eigenvalue weighted by atomic mass is 35.5. The number of alkyl halides is 3. The van der Waals surface area contributed by atoms with Crippen molar-refractivity contribution in [3.8, 4) is 5.69 Å². The minimum absolute atomic E-state index is 0.0375. The molecular formula is C23H20ClF4N3O3S. The number of aromatic nitrogens is 2. The summed E-state index contributed by atoms with van der Waals surface area (Å²) in [6, 6.07) is 8.85. The molecule has 3 aromatic rings. The van der Waals surface area contributed by atoms with E-state index in [1.165, 1.54) is 35.1 Å². The van der Waals surface area contributed by atoms with E-state index in [0.717, 1.165) is 24.3 Å². The van der Waals surface area contributed by atoms with E-state index >= 15 is 0 Å². The molecule has 2 aromatic carbocycles. The summed E-state index contributed by atoms with van der Waals surface area (Å²) in [5, 5.41) is 5.88. The number of sulfone groups is 1. The zero-order valence-electron chi connectivity index (χ0n) is 18.1. The Morgan fingerprint density at radius 2 is 1.74 bits per heavy atom. The fourth-order valence-corrected chi connectivity index (χ4v) is 6.38. The van der Waals surface area contributed by atoms with Gasteiger partial charge < -0.3 is 5.32 Å². The van der Waals surface area contributed by atoms with E-state index in [4.69, 9.17) is 11.6 Å². The van der Waals surface area contributed by atoms with Gasteiger partial charge in [-0.15, -0.1) is 0 Å². The van der Waals surface area contributed by atoms with E-state index in [1.54, 1.807) is 0 Å². The van der Waals surface area contributed by atoms with Crippen LogP contribution in [-0.4, -0.2) is 29.4 Å². The van der Waals surface area contributed by atoms with Crippen LogP contribution in [0.25, 0.3) is 5.69 Å². The maximum atomic E-state index is 13.2. The van der Waals surface area contributed by atoms with Gasteiger partial charge in [-0.05, 0) is 61.4 Å². The van der Waals surface area contributed by atoms with Crippen LogP contribution in [0.1, 0.15) is 30.4 Å². The Hall–Kier alpha value is -2.92. The van der Waals surface area contributed by atoms with Gasteiger partial charge >= 0.3 is 6.18 Å². The molecule has 0 aliphatic heterocycles. The lowest BCUT2D eigenvalue weighted by Crippen LogP contribution is -2.38. The molecule has 1 saturated carbocycles. The molecule has 0 bridgehead atoms. The molecule has 0 spiro atoms. The first kappa shape index (κ1) is 25.2. The Balaban J connectivity index is 1.45. The third-order valence-corrected chi connectivity index (χ3v) is 8.59. The van der Waals surface area contributed by atoms with Gasteiger partial charge in [0.25, 0.3) is 0 Å². The van der Waals surface area contributed by atoms with Gasteiger partial charge in [0.15, 0.2) is 15.0 Å². The molecule has 0 radical (unpaired) electrons. The quantitative estimate of drug-likeness (QED) is 0.362. The first-order valence-electron chi connectivity index (χ1n) is 10.7. The van der Waals surface area contributed by atoms with Crippen LogP contribution in [0.4, 0.5) is 17.6 Å². The molecule has 2 unspecified atom stereocenters. The van der Waals surface area contributed by atoms with Crippen molar-refractivity contribution in [2.45, 2.75) is 42.1 Å². The number of amides is 1. The Morgan fingerprint density at radius 3 is 2.37 bits per heavy atom. The zero-order chi connectivity index (χ0) is 25.4. The highest BCUT2D eigenvalue weighted by molar-refractivity contribution is 7.92. The summed E-state index contributed by atoms with van der Waals surface area (Å²) in [7, 11) is -3.84. The van der Waals surface area contributed by atoms with E-state index in [0.29, 0.717) is 30.5 Å². The minimum atomic E-state index is -4.46. The monoisotopic (exact) mass is 529 g/mol. The number of nitrogens with zero attached hydrogens (tertiary/aromatic N) is 2. The summed E-state index contributed by atoms with van der Waals surface area (Å²) in [6.07, 6.45) is -1.74. The predicted octanol–water partition coefficient (Wildman–Crippen LogP) is 4.94. The predicted molar refractivity (Wildman–Crippen MR) is 120 cm³/mol. The van der Waals surface area contributed by atoms with Crippen LogP contribution < -0.4 is 5.32 Å². The number of hydrogen-bond donors (Lipinski definition) is 1. The van der Waals surface area contributed by atoms with Crippen LogP contribution in [-0.2, 0) is 27.4 Å². The summed E-state index contributed by atoms with van der Waals surface area (Å²) in [4.78, 5) is 12.8. The second-order valence-corrected chi connectivity index (χ2v) is 10.8. The molecular weight excluding hydrogens is 510 g/mol. The van der Waals surface area contributed by atoms with Crippen molar-refractivity contribution in [2.75, 3.05) is 0 Å². The van der Waals surface area contributed by atoms with Gasteiger partial charge in [-0.1, -0.05) is 18.0 Å². The molecule has 1 heterocycles. The van der Waals surface area contributed by atoms with Gasteiger partial charge in [0.05, 0.1) is 27.3 Å². The van der Waals surface area contributed by atoms with Crippen molar-refractivity contribution in [3.63, 3.8) is 0 Å². The van der Waals surface area contributed by atoms with Gasteiger partial charge in [-0.2, -0.15) is 18.3 Å². The smallest absolute Gasteiger partial charge is 0.352 e. The van der Waals surface area contributed by atoms with E-state index in [-0.39, 0.29) is 16.6 Å². The number of carbonyl (C=O) groups excluding carboxylic acids is 1. The first-order chi connectivity index (χ1) is 16.5. The van der Waals surface area contributed by atoms with Crippen molar-refractivity contribution < 1.29 is 30.8 Å². The molecule has 12 heteroatoms. The highest BCUT2D eigenvalue weighted by Crippen LogP contribution is 2.35. The van der Waals surface area contributed by atoms with E-state index < -0.39 is 44.5 Å². The zero-order valence-corrected chi connectivity index (χ0v) is 19.7. The molecule has 1 aromatic heterocycles. The normalized spacial score (nSPS) is 18.5. The van der Waals surface area contributed by atoms with Gasteiger partial charge in [0.2, 0.25) is 5.91 Å². The van der Waals surface area contributed by atoms with Gasteiger partial charge in [-0.25, -0.2) is 17.5 Å². The van der Waals surface area contributed by atoms with Crippen LogP contribution in [0.2, 0.25) is 5.15 Å². The third kappa shape index (κ3) is 5.35. The number of rotatable bonds is 6. The third-order valence-electron chi connectivity index (χ3n) is 5.98. The lowest BCUT2D eigenvalue weighted by Gasteiger charge is -2.19. The Bertz CT molecular complexity index is 1320. The molecule has 6 nitrogen and oxygen atoms in total. The van der Waals surface area contributed by atoms with E-state index in [2.05, 4.69) is 10.4 Å². The number of hydrogen-bond acceptors (Lipinski definition) is 4. The molecule has 35 heavy (non-hydrogen) atoms. The number of halogens is 5. The fraction of sp³-hybridized carbons (Fsp3) is 0.304. The van der Waals surface area contributed by atoms with E-state index in [1.807, 2.05) is 0 Å². The van der Waals surface area contributed by atoms with Crippen LogP contribution in [0, 0.1) is 11.7 Å². The molecule has 1 aliphatic carbocycles. The van der Waals surface area contributed by atoms with Crippen molar-refractivity contribution in [3.05, 3.63) is 76.8 Å². The summed E-state index contributed by atoms with van der Waals surface area (Å²) in [5.74, 6) is -1.80. The molecule has 1 N–H and O–H groups in total. The maximum absolute atomic E-state index is 13.2. The van der Waals surface area contributed by atoms with Crippen molar-refractivity contribution >= 4 is 27.3 Å². The van der Waals surface area contributed by atoms with E-state index in [9.17, 15) is 30.8 Å². The molecule has 1 aliphatic rings. The van der Waals surface area contributed by atoms with Gasteiger partial charge in [-0.3, -0.25) is 4.79 Å². The fourth-order valence-electron chi connectivity index (χ4n) is 4.15. The van der Waals surface area contributed by atoms with Crippen LogP contribution in [0.5, 0.6) is 0 Å². The summed E-state index contributed by atoms with van der Waals surface area (Å²) in [6.45, 7) is -0.0435. The second-order valence-electron chi connectivity index (χ2n) is 8.23. The maximum Gasteiger partial charge on any atom is 0.416 e. The van der Waals surface area contributed by atoms with Gasteiger partial charge in [0.1, 0.15) is 5.82 Å². The second kappa shape index (κ2) is 9.62.